The summed E-state index contributed by atoms with van der Waals surface area (Å²) in [6, 6.07) is 81.0. The molecule has 12 aromatic carbocycles. The summed E-state index contributed by atoms with van der Waals surface area (Å²) in [7, 11) is 0. The minimum absolute atomic E-state index is 1.22. The van der Waals surface area contributed by atoms with E-state index in [-0.39, 0.29) is 0 Å². The van der Waals surface area contributed by atoms with Crippen LogP contribution in [0.2, 0.25) is 0 Å². The molecule has 0 saturated heterocycles. The molecule has 0 N–H and O–H groups in total. The van der Waals surface area contributed by atoms with E-state index in [9.17, 15) is 0 Å². The molecule has 12 rings (SSSR count). The Labute approximate surface area is 336 Å². The second-order valence-electron chi connectivity index (χ2n) is 15.5. The van der Waals surface area contributed by atoms with Crippen LogP contribution in [-0.4, -0.2) is 0 Å². The van der Waals surface area contributed by atoms with Gasteiger partial charge in [0.05, 0.1) is 0 Å². The molecular formula is C58H36. The monoisotopic (exact) mass is 732 g/mol. The number of fused-ring (bicyclic) bond motifs is 11. The van der Waals surface area contributed by atoms with Gasteiger partial charge in [0.25, 0.3) is 0 Å². The van der Waals surface area contributed by atoms with Gasteiger partial charge in [0.2, 0.25) is 0 Å². The molecule has 0 fully saturated rings. The lowest BCUT2D eigenvalue weighted by atomic mass is 9.79. The van der Waals surface area contributed by atoms with E-state index in [1.165, 1.54) is 120 Å². The lowest BCUT2D eigenvalue weighted by Crippen LogP contribution is -1.95. The summed E-state index contributed by atoms with van der Waals surface area (Å²) in [5.41, 5.74) is 9.94. The predicted molar refractivity (Wildman–Crippen MR) is 251 cm³/mol. The topological polar surface area (TPSA) is 0 Å². The fourth-order valence-electron chi connectivity index (χ4n) is 9.86. The van der Waals surface area contributed by atoms with Crippen molar-refractivity contribution in [3.05, 3.63) is 218 Å². The number of hydrogen-bond acceptors (Lipinski definition) is 0. The zero-order valence-electron chi connectivity index (χ0n) is 31.8. The molecule has 0 spiro atoms. The number of hydrogen-bond donors (Lipinski definition) is 0. The normalized spacial score (nSPS) is 11.8. The largest absolute Gasteiger partial charge is 0.0622 e. The van der Waals surface area contributed by atoms with Crippen molar-refractivity contribution in [2.45, 2.75) is 0 Å². The van der Waals surface area contributed by atoms with Crippen molar-refractivity contribution < 1.29 is 0 Å². The van der Waals surface area contributed by atoms with E-state index in [0.29, 0.717) is 0 Å². The lowest BCUT2D eigenvalue weighted by molar-refractivity contribution is 1.63. The highest BCUT2D eigenvalue weighted by molar-refractivity contribution is 6.39. The highest BCUT2D eigenvalue weighted by atomic mass is 14.3. The van der Waals surface area contributed by atoms with Crippen LogP contribution < -0.4 is 0 Å². The quantitative estimate of drug-likeness (QED) is 0.125. The smallest absolute Gasteiger partial charge is 0.00134 e. The molecule has 0 heterocycles. The third kappa shape index (κ3) is 4.95. The first-order chi connectivity index (χ1) is 28.8. The molecule has 0 aromatic heterocycles. The maximum absolute atomic E-state index is 2.46. The molecule has 0 heteroatoms. The summed E-state index contributed by atoms with van der Waals surface area (Å²) < 4.78 is 0. The van der Waals surface area contributed by atoms with Crippen molar-refractivity contribution in [1.82, 2.24) is 0 Å². The van der Waals surface area contributed by atoms with E-state index in [1.54, 1.807) is 0 Å². The summed E-state index contributed by atoms with van der Waals surface area (Å²) in [5.74, 6) is 0. The van der Waals surface area contributed by atoms with Crippen LogP contribution in [0.4, 0.5) is 0 Å². The van der Waals surface area contributed by atoms with E-state index in [2.05, 4.69) is 218 Å². The third-order valence-corrected chi connectivity index (χ3v) is 12.3. The summed E-state index contributed by atoms with van der Waals surface area (Å²) in [5, 5.41) is 17.7. The minimum atomic E-state index is 1.22. The second kappa shape index (κ2) is 13.0. The molecule has 0 nitrogen and oxygen atoms in total. The Morgan fingerprint density at radius 1 is 0.172 bits per heavy atom. The Balaban J connectivity index is 1.40. The molecule has 12 aromatic rings. The maximum atomic E-state index is 2.46. The van der Waals surface area contributed by atoms with Crippen LogP contribution in [0.15, 0.2) is 218 Å². The fourth-order valence-corrected chi connectivity index (χ4v) is 9.86. The Morgan fingerprint density at radius 2 is 0.448 bits per heavy atom. The number of rotatable bonds is 4. The van der Waals surface area contributed by atoms with Gasteiger partial charge in [-0.05, 0) is 144 Å². The van der Waals surface area contributed by atoms with Crippen molar-refractivity contribution in [3.8, 4) is 44.5 Å². The first-order valence-corrected chi connectivity index (χ1v) is 20.2. The summed E-state index contributed by atoms with van der Waals surface area (Å²) >= 11 is 0. The maximum Gasteiger partial charge on any atom is -0.00134 e. The van der Waals surface area contributed by atoms with E-state index in [1.807, 2.05) is 0 Å². The molecule has 0 atom stereocenters. The van der Waals surface area contributed by atoms with Gasteiger partial charge in [-0.15, -0.1) is 0 Å². The molecule has 0 saturated carbocycles. The summed E-state index contributed by atoms with van der Waals surface area (Å²) in [4.78, 5) is 0. The van der Waals surface area contributed by atoms with Crippen LogP contribution in [0, 0.1) is 0 Å². The molecule has 268 valence electrons. The number of benzene rings is 12. The standard InChI is InChI=1S/C58H36/c1-5-17-37(18-6-1)52-46-31-29-41-30-32-47-53(38-19-7-2-8-20-38)55(40-23-11-4-12-24-40)49-34-43-26-14-16-28-45(43)36-51(49)58(47)56(41)57(46)50-35-44-27-15-13-25-42(44)33-48(50)54(52)39-21-9-3-10-22-39/h1-36H. The zero-order valence-corrected chi connectivity index (χ0v) is 31.8. The van der Waals surface area contributed by atoms with Gasteiger partial charge in [-0.2, -0.15) is 0 Å². The van der Waals surface area contributed by atoms with Gasteiger partial charge in [0, 0.05) is 0 Å². The van der Waals surface area contributed by atoms with E-state index < -0.39 is 0 Å². The van der Waals surface area contributed by atoms with Crippen molar-refractivity contribution in [2.75, 3.05) is 0 Å². The summed E-state index contributed by atoms with van der Waals surface area (Å²) in [6.07, 6.45) is 0. The predicted octanol–water partition coefficient (Wildman–Crippen LogP) is 16.4. The van der Waals surface area contributed by atoms with Crippen molar-refractivity contribution in [1.29, 1.82) is 0 Å². The van der Waals surface area contributed by atoms with Gasteiger partial charge in [-0.25, -0.2) is 0 Å². The van der Waals surface area contributed by atoms with E-state index >= 15 is 0 Å². The average molecular weight is 733 g/mol. The Kier molecular flexibility index (Phi) is 7.33. The first-order valence-electron chi connectivity index (χ1n) is 20.2. The SMILES string of the molecule is c1ccc(-c2c(-c3ccccc3)c3ccc4ccc5c(-c6ccccc6)c(-c6ccccc6)c6cc7ccccc7cc6c5c4c3c3cc4ccccc4cc23)cc1. The van der Waals surface area contributed by atoms with Crippen LogP contribution in [-0.2, 0) is 0 Å². The molecule has 0 radical (unpaired) electrons. The van der Waals surface area contributed by atoms with Gasteiger partial charge in [-0.3, -0.25) is 0 Å². The minimum Gasteiger partial charge on any atom is -0.0622 e. The first kappa shape index (κ1) is 32.7. The Hall–Kier alpha value is -7.54. The van der Waals surface area contributed by atoms with Crippen LogP contribution in [0.25, 0.3) is 120 Å². The van der Waals surface area contributed by atoms with Gasteiger partial charge in [0.1, 0.15) is 0 Å². The van der Waals surface area contributed by atoms with Crippen molar-refractivity contribution >= 4 is 75.4 Å². The van der Waals surface area contributed by atoms with Crippen LogP contribution in [0.1, 0.15) is 0 Å². The molecule has 58 heavy (non-hydrogen) atoms. The molecule has 0 aliphatic carbocycles. The molecule has 0 aliphatic heterocycles. The fraction of sp³-hybridized carbons (Fsp3) is 0. The van der Waals surface area contributed by atoms with Gasteiger partial charge in [-0.1, -0.05) is 194 Å². The van der Waals surface area contributed by atoms with Crippen molar-refractivity contribution in [2.24, 2.45) is 0 Å². The van der Waals surface area contributed by atoms with Crippen LogP contribution in [0.5, 0.6) is 0 Å². The molecule has 0 unspecified atom stereocenters. The van der Waals surface area contributed by atoms with E-state index in [0.717, 1.165) is 0 Å². The highest BCUT2D eigenvalue weighted by Crippen LogP contribution is 2.52. The van der Waals surface area contributed by atoms with Crippen LogP contribution >= 0.6 is 0 Å². The van der Waals surface area contributed by atoms with Gasteiger partial charge in [0.15, 0.2) is 0 Å². The third-order valence-electron chi connectivity index (χ3n) is 12.3. The van der Waals surface area contributed by atoms with Crippen LogP contribution in [0.3, 0.4) is 0 Å². The Bertz CT molecular complexity index is 3330. The molecule has 0 amide bonds. The van der Waals surface area contributed by atoms with Gasteiger partial charge < -0.3 is 0 Å². The lowest BCUT2D eigenvalue weighted by Gasteiger charge is -2.23. The highest BCUT2D eigenvalue weighted by Gasteiger charge is 2.24. The zero-order chi connectivity index (χ0) is 38.2. The van der Waals surface area contributed by atoms with Gasteiger partial charge >= 0.3 is 0 Å². The van der Waals surface area contributed by atoms with Crippen molar-refractivity contribution in [3.63, 3.8) is 0 Å². The second-order valence-corrected chi connectivity index (χ2v) is 15.5. The van der Waals surface area contributed by atoms with E-state index in [4.69, 9.17) is 0 Å². The molecular weight excluding hydrogens is 697 g/mol. The molecule has 0 bridgehead atoms. The summed E-state index contributed by atoms with van der Waals surface area (Å²) in [6.45, 7) is 0. The molecule has 0 aliphatic rings. The Morgan fingerprint density at radius 3 is 0.776 bits per heavy atom. The average Bonchev–Trinajstić information content (AvgIpc) is 3.30.